The summed E-state index contributed by atoms with van der Waals surface area (Å²) in [6, 6.07) is 8.28. The van der Waals surface area contributed by atoms with Crippen LogP contribution in [0.25, 0.3) is 10.6 Å². The lowest BCUT2D eigenvalue weighted by Gasteiger charge is -2.18. The molecule has 4 heteroatoms. The lowest BCUT2D eigenvalue weighted by molar-refractivity contribution is 0.0756. The lowest BCUT2D eigenvalue weighted by Crippen LogP contribution is -2.32. The van der Waals surface area contributed by atoms with Crippen molar-refractivity contribution in [2.75, 3.05) is 13.1 Å². The van der Waals surface area contributed by atoms with Crippen LogP contribution in [-0.2, 0) is 0 Å². The average Bonchev–Trinajstić information content (AvgIpc) is 2.83. The molecule has 1 aromatic heterocycles. The second-order valence-electron chi connectivity index (χ2n) is 5.61. The Morgan fingerprint density at radius 3 is 2.43 bits per heavy atom. The second kappa shape index (κ2) is 6.39. The van der Waals surface area contributed by atoms with Crippen LogP contribution in [0.15, 0.2) is 29.6 Å². The van der Waals surface area contributed by atoms with Gasteiger partial charge in [0.15, 0.2) is 0 Å². The summed E-state index contributed by atoms with van der Waals surface area (Å²) in [6.45, 7) is 3.81. The first-order chi connectivity index (χ1) is 10.2. The van der Waals surface area contributed by atoms with Gasteiger partial charge in [-0.25, -0.2) is 4.98 Å². The zero-order valence-electron chi connectivity index (χ0n) is 12.3. The van der Waals surface area contributed by atoms with Crippen molar-refractivity contribution < 1.29 is 4.79 Å². The van der Waals surface area contributed by atoms with E-state index in [9.17, 15) is 4.79 Å². The Labute approximate surface area is 129 Å². The van der Waals surface area contributed by atoms with Crippen molar-refractivity contribution in [3.05, 3.63) is 40.9 Å². The zero-order valence-corrected chi connectivity index (χ0v) is 13.2. The minimum atomic E-state index is 0.0894. The smallest absolute Gasteiger partial charge is 0.273 e. The van der Waals surface area contributed by atoms with Crippen LogP contribution >= 0.6 is 11.3 Å². The van der Waals surface area contributed by atoms with Gasteiger partial charge in [-0.3, -0.25) is 4.79 Å². The van der Waals surface area contributed by atoms with Crippen LogP contribution in [0.1, 0.15) is 41.7 Å². The third-order valence-corrected chi connectivity index (χ3v) is 4.81. The normalized spacial score (nSPS) is 15.8. The number of hydrogen-bond acceptors (Lipinski definition) is 3. The highest BCUT2D eigenvalue weighted by Gasteiger charge is 2.20. The summed E-state index contributed by atoms with van der Waals surface area (Å²) < 4.78 is 0. The molecule has 0 aliphatic carbocycles. The van der Waals surface area contributed by atoms with E-state index in [1.54, 1.807) is 11.3 Å². The van der Waals surface area contributed by atoms with Gasteiger partial charge >= 0.3 is 0 Å². The zero-order chi connectivity index (χ0) is 14.7. The summed E-state index contributed by atoms with van der Waals surface area (Å²) in [5, 5.41) is 2.82. The van der Waals surface area contributed by atoms with E-state index in [4.69, 9.17) is 0 Å². The fourth-order valence-electron chi connectivity index (χ4n) is 2.64. The Balaban J connectivity index is 1.77. The largest absolute Gasteiger partial charge is 0.337 e. The van der Waals surface area contributed by atoms with Crippen LogP contribution in [0.4, 0.5) is 0 Å². The van der Waals surface area contributed by atoms with Gasteiger partial charge in [0.2, 0.25) is 0 Å². The highest BCUT2D eigenvalue weighted by Crippen LogP contribution is 2.25. The van der Waals surface area contributed by atoms with E-state index >= 15 is 0 Å². The minimum absolute atomic E-state index is 0.0894. The molecule has 0 spiro atoms. The van der Waals surface area contributed by atoms with Crippen molar-refractivity contribution in [3.8, 4) is 10.6 Å². The van der Waals surface area contributed by atoms with Crippen LogP contribution in [0.3, 0.4) is 0 Å². The van der Waals surface area contributed by atoms with Gasteiger partial charge in [-0.15, -0.1) is 11.3 Å². The molecule has 3 rings (SSSR count). The Morgan fingerprint density at radius 2 is 1.76 bits per heavy atom. The van der Waals surface area contributed by atoms with Gasteiger partial charge in [0.25, 0.3) is 5.91 Å². The first-order valence-corrected chi connectivity index (χ1v) is 8.44. The summed E-state index contributed by atoms with van der Waals surface area (Å²) in [6.07, 6.45) is 4.69. The molecule has 0 N–H and O–H groups in total. The molecular weight excluding hydrogens is 280 g/mol. The van der Waals surface area contributed by atoms with Gasteiger partial charge < -0.3 is 4.90 Å². The molecule has 1 saturated heterocycles. The highest BCUT2D eigenvalue weighted by atomic mass is 32.1. The Bertz CT molecular complexity index is 610. The van der Waals surface area contributed by atoms with E-state index in [0.29, 0.717) is 5.69 Å². The topological polar surface area (TPSA) is 33.2 Å². The maximum absolute atomic E-state index is 12.5. The number of aromatic nitrogens is 1. The molecule has 1 fully saturated rings. The van der Waals surface area contributed by atoms with Gasteiger partial charge in [0, 0.05) is 24.0 Å². The molecule has 0 radical (unpaired) electrons. The molecule has 0 unspecified atom stereocenters. The van der Waals surface area contributed by atoms with Gasteiger partial charge in [-0.05, 0) is 19.8 Å². The van der Waals surface area contributed by atoms with Gasteiger partial charge in [0.1, 0.15) is 10.7 Å². The summed E-state index contributed by atoms with van der Waals surface area (Å²) in [7, 11) is 0. The number of thiazole rings is 1. The summed E-state index contributed by atoms with van der Waals surface area (Å²) in [5.41, 5.74) is 2.91. The molecular formula is C17H20N2OS. The van der Waals surface area contributed by atoms with Crippen molar-refractivity contribution in [2.24, 2.45) is 0 Å². The van der Waals surface area contributed by atoms with Gasteiger partial charge in [0.05, 0.1) is 0 Å². The van der Waals surface area contributed by atoms with Crippen molar-refractivity contribution in [1.29, 1.82) is 0 Å². The van der Waals surface area contributed by atoms with Crippen molar-refractivity contribution >= 4 is 17.2 Å². The second-order valence-corrected chi connectivity index (χ2v) is 6.47. The summed E-state index contributed by atoms with van der Waals surface area (Å²) >= 11 is 1.55. The first kappa shape index (κ1) is 14.3. The Morgan fingerprint density at radius 1 is 1.10 bits per heavy atom. The van der Waals surface area contributed by atoms with Crippen molar-refractivity contribution in [3.63, 3.8) is 0 Å². The molecule has 110 valence electrons. The van der Waals surface area contributed by atoms with E-state index in [-0.39, 0.29) is 5.91 Å². The summed E-state index contributed by atoms with van der Waals surface area (Å²) in [4.78, 5) is 19.0. The van der Waals surface area contributed by atoms with Crippen LogP contribution in [0.5, 0.6) is 0 Å². The monoisotopic (exact) mass is 300 g/mol. The van der Waals surface area contributed by atoms with Crippen LogP contribution < -0.4 is 0 Å². The number of amides is 1. The molecule has 1 amide bonds. The molecule has 0 bridgehead atoms. The number of likely N-dealkylation sites (tertiary alicyclic amines) is 1. The number of rotatable bonds is 2. The maximum Gasteiger partial charge on any atom is 0.273 e. The molecule has 1 aliphatic rings. The van der Waals surface area contributed by atoms with E-state index in [2.05, 4.69) is 36.2 Å². The van der Waals surface area contributed by atoms with E-state index in [1.165, 1.54) is 18.4 Å². The van der Waals surface area contributed by atoms with Crippen LogP contribution in [0, 0.1) is 6.92 Å². The van der Waals surface area contributed by atoms with Crippen LogP contribution in [-0.4, -0.2) is 28.9 Å². The van der Waals surface area contributed by atoms with E-state index < -0.39 is 0 Å². The Hall–Kier alpha value is -1.68. The molecule has 2 aromatic rings. The predicted octanol–water partition coefficient (Wildman–Crippen LogP) is 4.13. The van der Waals surface area contributed by atoms with Crippen LogP contribution in [0.2, 0.25) is 0 Å². The molecule has 1 aliphatic heterocycles. The SMILES string of the molecule is Cc1ccc(-c2nc(C(=O)N3CCCCCC3)cs2)cc1. The van der Waals surface area contributed by atoms with Gasteiger partial charge in [-0.1, -0.05) is 42.7 Å². The predicted molar refractivity (Wildman–Crippen MR) is 86.7 cm³/mol. The first-order valence-electron chi connectivity index (χ1n) is 7.56. The molecule has 21 heavy (non-hydrogen) atoms. The van der Waals surface area contributed by atoms with Crippen molar-refractivity contribution in [2.45, 2.75) is 32.6 Å². The number of aryl methyl sites for hydroxylation is 1. The molecule has 1 aromatic carbocycles. The van der Waals surface area contributed by atoms with E-state index in [1.807, 2.05) is 10.3 Å². The molecule has 3 nitrogen and oxygen atoms in total. The van der Waals surface area contributed by atoms with Crippen molar-refractivity contribution in [1.82, 2.24) is 9.88 Å². The third-order valence-electron chi connectivity index (χ3n) is 3.92. The lowest BCUT2D eigenvalue weighted by atomic mass is 10.2. The minimum Gasteiger partial charge on any atom is -0.337 e. The number of hydrogen-bond donors (Lipinski definition) is 0. The molecule has 0 atom stereocenters. The van der Waals surface area contributed by atoms with Gasteiger partial charge in [-0.2, -0.15) is 0 Å². The quantitative estimate of drug-likeness (QED) is 0.835. The molecule has 0 saturated carbocycles. The Kier molecular flexibility index (Phi) is 4.34. The average molecular weight is 300 g/mol. The molecule has 2 heterocycles. The standard InChI is InChI=1S/C17H20N2OS/c1-13-6-8-14(9-7-13)16-18-15(12-21-16)17(20)19-10-4-2-3-5-11-19/h6-9,12H,2-5,10-11H2,1H3. The number of carbonyl (C=O) groups is 1. The number of nitrogens with zero attached hydrogens (tertiary/aromatic N) is 2. The third kappa shape index (κ3) is 3.32. The number of benzene rings is 1. The summed E-state index contributed by atoms with van der Waals surface area (Å²) in [5.74, 6) is 0.0894. The van der Waals surface area contributed by atoms with E-state index in [0.717, 1.165) is 36.5 Å². The fraction of sp³-hybridized carbons (Fsp3) is 0.412. The fourth-order valence-corrected chi connectivity index (χ4v) is 3.44. The maximum atomic E-state index is 12.5. The number of carbonyl (C=O) groups excluding carboxylic acids is 1. The highest BCUT2D eigenvalue weighted by molar-refractivity contribution is 7.13.